The number of nitrogens with zero attached hydrogens (tertiary/aromatic N) is 1. The zero-order valence-electron chi connectivity index (χ0n) is 7.92. The third kappa shape index (κ3) is 4.09. The van der Waals surface area contributed by atoms with Gasteiger partial charge in [-0.05, 0) is 6.42 Å². The van der Waals surface area contributed by atoms with Gasteiger partial charge >= 0.3 is 0 Å². The van der Waals surface area contributed by atoms with Crippen LogP contribution in [0.15, 0.2) is 11.3 Å². The highest BCUT2D eigenvalue weighted by molar-refractivity contribution is 6.84. The Balaban J connectivity index is 4.27. The molecule has 12 heavy (non-hydrogen) atoms. The highest BCUT2D eigenvalue weighted by Crippen LogP contribution is 2.14. The molecule has 0 fully saturated rings. The first kappa shape index (κ1) is 11.1. The van der Waals surface area contributed by atoms with Crippen molar-refractivity contribution in [3.63, 3.8) is 0 Å². The summed E-state index contributed by atoms with van der Waals surface area (Å²) in [5, 5.41) is 9.68. The summed E-state index contributed by atoms with van der Waals surface area (Å²) in [5.41, 5.74) is 0. The van der Waals surface area contributed by atoms with Crippen LogP contribution >= 0.6 is 0 Å². The van der Waals surface area contributed by atoms with E-state index in [0.29, 0.717) is 12.8 Å². The number of hydrogen-bond acceptors (Lipinski definition) is 2. The van der Waals surface area contributed by atoms with E-state index in [1.54, 1.807) is 0 Å². The van der Waals surface area contributed by atoms with Crippen molar-refractivity contribution in [2.24, 2.45) is 0 Å². The average Bonchev–Trinajstić information content (AvgIpc) is 1.95. The summed E-state index contributed by atoms with van der Waals surface area (Å²) in [6.07, 6.45) is 4.02. The first-order valence-corrected chi connectivity index (χ1v) is 7.56. The molecular weight excluding hydrogens is 166 g/mol. The Labute approximate surface area is 74.9 Å². The molecule has 0 unspecified atom stereocenters. The van der Waals surface area contributed by atoms with Gasteiger partial charge in [0.05, 0.1) is 14.1 Å². The van der Waals surface area contributed by atoms with Crippen LogP contribution in [0.1, 0.15) is 12.8 Å². The molecule has 66 valence electrons. The molecule has 2 nitrogen and oxygen atoms in total. The van der Waals surface area contributed by atoms with Gasteiger partial charge in [0.2, 0.25) is 0 Å². The zero-order chi connectivity index (χ0) is 9.61. The van der Waals surface area contributed by atoms with Crippen LogP contribution in [-0.4, -0.2) is 14.4 Å². The van der Waals surface area contributed by atoms with Crippen LogP contribution in [-0.2, 0) is 4.79 Å². The summed E-state index contributed by atoms with van der Waals surface area (Å²) in [4.78, 5) is 10.0. The first-order valence-electron chi connectivity index (χ1n) is 4.06. The predicted octanol–water partition coefficient (Wildman–Crippen LogP) is 2.29. The molecule has 0 rings (SSSR count). The molecule has 0 saturated heterocycles. The molecule has 0 spiro atoms. The van der Waals surface area contributed by atoms with Gasteiger partial charge in [0, 0.05) is 11.6 Å². The Kier molecular flexibility index (Phi) is 4.53. The van der Waals surface area contributed by atoms with Crippen LogP contribution in [0.2, 0.25) is 19.6 Å². The average molecular weight is 181 g/mol. The highest BCUT2D eigenvalue weighted by atomic mass is 28.3. The van der Waals surface area contributed by atoms with E-state index >= 15 is 0 Å². The molecule has 0 bridgehead atoms. The Hall–Kier alpha value is -0.883. The van der Waals surface area contributed by atoms with Gasteiger partial charge in [-0.1, -0.05) is 25.7 Å². The lowest BCUT2D eigenvalue weighted by Gasteiger charge is -2.13. The largest absolute Gasteiger partial charge is 0.303 e. The summed E-state index contributed by atoms with van der Waals surface area (Å²) >= 11 is 0. The van der Waals surface area contributed by atoms with Crippen LogP contribution in [0, 0.1) is 11.3 Å². The fraction of sp³-hybridized carbons (Fsp3) is 0.556. The fourth-order valence-electron chi connectivity index (χ4n) is 0.815. The fourth-order valence-corrected chi connectivity index (χ4v) is 1.91. The predicted molar refractivity (Wildman–Crippen MR) is 52.3 cm³/mol. The van der Waals surface area contributed by atoms with Crippen molar-refractivity contribution in [2.75, 3.05) is 0 Å². The normalized spacial score (nSPS) is 12.3. The maximum atomic E-state index is 10.0. The van der Waals surface area contributed by atoms with Crippen molar-refractivity contribution < 1.29 is 4.79 Å². The molecule has 0 aliphatic heterocycles. The third-order valence-corrected chi connectivity index (χ3v) is 3.49. The monoisotopic (exact) mass is 181 g/mol. The van der Waals surface area contributed by atoms with Crippen LogP contribution in [0.5, 0.6) is 0 Å². The minimum atomic E-state index is -1.45. The summed E-state index contributed by atoms with van der Waals surface area (Å²) in [7, 11) is -1.45. The second-order valence-electron chi connectivity index (χ2n) is 3.72. The van der Waals surface area contributed by atoms with Crippen molar-refractivity contribution >= 4 is 14.4 Å². The number of allylic oxidation sites excluding steroid dienone is 2. The molecule has 0 atom stereocenters. The van der Waals surface area contributed by atoms with Gasteiger partial charge in [-0.25, -0.2) is 0 Å². The van der Waals surface area contributed by atoms with Crippen molar-refractivity contribution in [3.05, 3.63) is 11.3 Å². The number of unbranched alkanes of at least 4 members (excludes halogenated alkanes) is 1. The van der Waals surface area contributed by atoms with E-state index in [0.717, 1.165) is 11.5 Å². The summed E-state index contributed by atoms with van der Waals surface area (Å²) in [6, 6.07) is 2.21. The molecule has 0 aliphatic carbocycles. The molecule has 0 N–H and O–H groups in total. The lowest BCUT2D eigenvalue weighted by molar-refractivity contribution is -0.107. The maximum Gasteiger partial charge on any atom is 0.120 e. The molecule has 0 heterocycles. The summed E-state index contributed by atoms with van der Waals surface area (Å²) in [6.45, 7) is 6.38. The molecule has 0 radical (unpaired) electrons. The lowest BCUT2D eigenvalue weighted by Crippen LogP contribution is -2.22. The van der Waals surface area contributed by atoms with Gasteiger partial charge in [0.15, 0.2) is 0 Å². The number of rotatable bonds is 4. The van der Waals surface area contributed by atoms with Crippen molar-refractivity contribution in [1.29, 1.82) is 5.26 Å². The van der Waals surface area contributed by atoms with Crippen molar-refractivity contribution in [1.82, 2.24) is 0 Å². The van der Waals surface area contributed by atoms with Gasteiger partial charge < -0.3 is 4.79 Å². The van der Waals surface area contributed by atoms with Crippen LogP contribution in [0.25, 0.3) is 0 Å². The standard InChI is InChI=1S/C9H15NOSi/c1-12(2,3)9(8-10)6-4-5-7-11/h6-7H,4-5H2,1-3H3/b9-6+. The Bertz CT molecular complexity index is 220. The Morgan fingerprint density at radius 2 is 2.00 bits per heavy atom. The van der Waals surface area contributed by atoms with E-state index in [1.165, 1.54) is 0 Å². The van der Waals surface area contributed by atoms with E-state index in [1.807, 2.05) is 6.08 Å². The van der Waals surface area contributed by atoms with Gasteiger partial charge in [-0.15, -0.1) is 0 Å². The number of aldehydes is 1. The zero-order valence-corrected chi connectivity index (χ0v) is 8.92. The summed E-state index contributed by atoms with van der Waals surface area (Å²) < 4.78 is 0. The number of carbonyl (C=O) groups excluding carboxylic acids is 1. The number of nitriles is 1. The topological polar surface area (TPSA) is 40.9 Å². The van der Waals surface area contributed by atoms with E-state index in [4.69, 9.17) is 5.26 Å². The SMILES string of the molecule is C[Si](C)(C)/C(C#N)=C/CCC=O. The molecule has 0 aliphatic rings. The second kappa shape index (κ2) is 4.89. The maximum absolute atomic E-state index is 10.0. The molecule has 0 aromatic rings. The molecule has 0 amide bonds. The molecule has 0 aromatic carbocycles. The smallest absolute Gasteiger partial charge is 0.120 e. The molecule has 3 heteroatoms. The van der Waals surface area contributed by atoms with E-state index in [9.17, 15) is 4.79 Å². The van der Waals surface area contributed by atoms with Gasteiger partial charge in [0.1, 0.15) is 6.29 Å². The van der Waals surface area contributed by atoms with Gasteiger partial charge in [-0.3, -0.25) is 0 Å². The number of carbonyl (C=O) groups is 1. The summed E-state index contributed by atoms with van der Waals surface area (Å²) in [5.74, 6) is 0. The van der Waals surface area contributed by atoms with Crippen molar-refractivity contribution in [3.8, 4) is 6.07 Å². The second-order valence-corrected chi connectivity index (χ2v) is 8.76. The molecule has 0 saturated carbocycles. The molecular formula is C9H15NOSi. The Morgan fingerprint density at radius 1 is 1.42 bits per heavy atom. The first-order chi connectivity index (χ1) is 5.52. The highest BCUT2D eigenvalue weighted by Gasteiger charge is 2.18. The van der Waals surface area contributed by atoms with Gasteiger partial charge in [-0.2, -0.15) is 5.26 Å². The van der Waals surface area contributed by atoms with Crippen LogP contribution in [0.3, 0.4) is 0 Å². The van der Waals surface area contributed by atoms with Gasteiger partial charge in [0.25, 0.3) is 0 Å². The lowest BCUT2D eigenvalue weighted by atomic mass is 10.3. The third-order valence-electron chi connectivity index (χ3n) is 1.56. The van der Waals surface area contributed by atoms with Crippen LogP contribution in [0.4, 0.5) is 0 Å². The van der Waals surface area contributed by atoms with Crippen molar-refractivity contribution in [2.45, 2.75) is 32.5 Å². The minimum absolute atomic E-state index is 0.523. The minimum Gasteiger partial charge on any atom is -0.303 e. The molecule has 0 aromatic heterocycles. The quantitative estimate of drug-likeness (QED) is 0.289. The van der Waals surface area contributed by atoms with E-state index < -0.39 is 8.07 Å². The van der Waals surface area contributed by atoms with Crippen LogP contribution < -0.4 is 0 Å². The van der Waals surface area contributed by atoms with E-state index in [2.05, 4.69) is 25.7 Å². The number of hydrogen-bond donors (Lipinski definition) is 0. The van der Waals surface area contributed by atoms with E-state index in [-0.39, 0.29) is 0 Å². The Morgan fingerprint density at radius 3 is 2.33 bits per heavy atom.